The first-order valence-electron chi connectivity index (χ1n) is 11.1. The second-order valence-electron chi connectivity index (χ2n) is 7.64. The van der Waals surface area contributed by atoms with Crippen LogP contribution in [0.1, 0.15) is 12.5 Å². The van der Waals surface area contributed by atoms with Crippen molar-refractivity contribution in [2.45, 2.75) is 6.92 Å². The van der Waals surface area contributed by atoms with Gasteiger partial charge in [0.05, 0.1) is 43.3 Å². The summed E-state index contributed by atoms with van der Waals surface area (Å²) in [6.45, 7) is 2.43. The molecule has 5 rings (SSSR count). The molecular formula is C27H23N3O5. The Labute approximate surface area is 201 Å². The van der Waals surface area contributed by atoms with Gasteiger partial charge in [0, 0.05) is 0 Å². The van der Waals surface area contributed by atoms with E-state index in [-0.39, 0.29) is 11.4 Å². The van der Waals surface area contributed by atoms with E-state index in [1.165, 1.54) is 4.68 Å². The zero-order chi connectivity index (χ0) is 24.4. The molecule has 0 N–H and O–H groups in total. The fourth-order valence-corrected chi connectivity index (χ4v) is 3.88. The lowest BCUT2D eigenvalue weighted by atomic mass is 10.2. The Bertz CT molecular complexity index is 1620. The van der Waals surface area contributed by atoms with Crippen molar-refractivity contribution in [1.82, 2.24) is 9.66 Å². The van der Waals surface area contributed by atoms with Crippen molar-refractivity contribution < 1.29 is 18.6 Å². The van der Waals surface area contributed by atoms with Crippen molar-refractivity contribution in [2.75, 3.05) is 20.8 Å². The summed E-state index contributed by atoms with van der Waals surface area (Å²) in [5.41, 5.74) is 1.58. The van der Waals surface area contributed by atoms with Crippen LogP contribution in [-0.2, 0) is 0 Å². The molecule has 35 heavy (non-hydrogen) atoms. The van der Waals surface area contributed by atoms with E-state index in [1.54, 1.807) is 56.8 Å². The second kappa shape index (κ2) is 9.34. The van der Waals surface area contributed by atoms with E-state index in [0.29, 0.717) is 46.1 Å². The number of rotatable bonds is 7. The van der Waals surface area contributed by atoms with E-state index in [4.69, 9.17) is 23.6 Å². The van der Waals surface area contributed by atoms with Gasteiger partial charge in [-0.1, -0.05) is 18.2 Å². The van der Waals surface area contributed by atoms with Crippen LogP contribution >= 0.6 is 0 Å². The number of benzene rings is 3. The fraction of sp³-hybridized carbons (Fsp3) is 0.148. The lowest BCUT2D eigenvalue weighted by molar-refractivity contribution is 0.311. The van der Waals surface area contributed by atoms with Gasteiger partial charge in [-0.2, -0.15) is 9.78 Å². The molecule has 0 aliphatic heterocycles. The van der Waals surface area contributed by atoms with E-state index in [2.05, 4.69) is 5.10 Å². The highest BCUT2D eigenvalue weighted by molar-refractivity contribution is 5.88. The standard InChI is InChI=1S/C27H23N3O5/c1-4-34-23-13-12-17(14-24(23)33-3)16-28-30-26(29-20-9-6-5-8-18(20)27(30)31)25-15-19-21(32-2)10-7-11-22(19)35-25/h5-16H,4H2,1-3H3. The number of furan rings is 1. The molecule has 2 heterocycles. The van der Waals surface area contributed by atoms with Crippen LogP contribution in [0.3, 0.4) is 0 Å². The predicted octanol–water partition coefficient (Wildman–Crippen LogP) is 5.11. The first-order valence-corrected chi connectivity index (χ1v) is 11.1. The molecule has 2 aromatic heterocycles. The number of methoxy groups -OCH3 is 2. The minimum Gasteiger partial charge on any atom is -0.496 e. The third kappa shape index (κ3) is 4.10. The largest absolute Gasteiger partial charge is 0.496 e. The second-order valence-corrected chi connectivity index (χ2v) is 7.64. The van der Waals surface area contributed by atoms with Gasteiger partial charge in [0.1, 0.15) is 11.3 Å². The first kappa shape index (κ1) is 22.2. The number of aromatic nitrogens is 2. The van der Waals surface area contributed by atoms with Crippen LogP contribution in [-0.4, -0.2) is 36.7 Å². The highest BCUT2D eigenvalue weighted by Gasteiger charge is 2.18. The van der Waals surface area contributed by atoms with Gasteiger partial charge in [-0.05, 0) is 61.0 Å². The van der Waals surface area contributed by atoms with E-state index in [9.17, 15) is 4.79 Å². The third-order valence-electron chi connectivity index (χ3n) is 5.53. The first-order chi connectivity index (χ1) is 17.1. The van der Waals surface area contributed by atoms with Gasteiger partial charge >= 0.3 is 0 Å². The lowest BCUT2D eigenvalue weighted by Gasteiger charge is -2.10. The van der Waals surface area contributed by atoms with Crippen LogP contribution in [0.25, 0.3) is 33.5 Å². The van der Waals surface area contributed by atoms with Gasteiger partial charge in [0.25, 0.3) is 5.56 Å². The molecule has 0 bridgehead atoms. The van der Waals surface area contributed by atoms with E-state index in [0.717, 1.165) is 10.9 Å². The normalized spacial score (nSPS) is 11.4. The van der Waals surface area contributed by atoms with Gasteiger partial charge in [0.15, 0.2) is 17.3 Å². The monoisotopic (exact) mass is 469 g/mol. The Balaban J connectivity index is 1.67. The van der Waals surface area contributed by atoms with Crippen molar-refractivity contribution in [3.63, 3.8) is 0 Å². The maximum absolute atomic E-state index is 13.4. The molecule has 5 aromatic rings. The summed E-state index contributed by atoms with van der Waals surface area (Å²) in [5, 5.41) is 5.72. The van der Waals surface area contributed by atoms with Crippen molar-refractivity contribution in [2.24, 2.45) is 5.10 Å². The number of para-hydroxylation sites is 1. The number of ether oxygens (including phenoxy) is 3. The van der Waals surface area contributed by atoms with E-state index < -0.39 is 0 Å². The third-order valence-corrected chi connectivity index (χ3v) is 5.53. The number of nitrogens with zero attached hydrogens (tertiary/aromatic N) is 3. The summed E-state index contributed by atoms with van der Waals surface area (Å²) in [6, 6.07) is 19.9. The maximum Gasteiger partial charge on any atom is 0.282 e. The molecule has 0 aliphatic rings. The van der Waals surface area contributed by atoms with Gasteiger partial charge in [0.2, 0.25) is 5.82 Å². The molecule has 0 atom stereocenters. The average molecular weight is 469 g/mol. The van der Waals surface area contributed by atoms with Crippen molar-refractivity contribution in [3.05, 3.63) is 82.6 Å². The zero-order valence-electron chi connectivity index (χ0n) is 19.5. The highest BCUT2D eigenvalue weighted by atomic mass is 16.5. The minimum atomic E-state index is -0.313. The SMILES string of the molecule is CCOc1ccc(C=Nn2c(-c3cc4c(OC)cccc4o3)nc3ccccc3c2=O)cc1OC. The minimum absolute atomic E-state index is 0.279. The van der Waals surface area contributed by atoms with Crippen LogP contribution in [0.4, 0.5) is 0 Å². The summed E-state index contributed by atoms with van der Waals surface area (Å²) in [7, 11) is 3.17. The molecule has 0 amide bonds. The summed E-state index contributed by atoms with van der Waals surface area (Å²) in [6.07, 6.45) is 1.57. The summed E-state index contributed by atoms with van der Waals surface area (Å²) in [5.74, 6) is 2.55. The number of hydrogen-bond acceptors (Lipinski definition) is 7. The van der Waals surface area contributed by atoms with Gasteiger partial charge in [-0.3, -0.25) is 4.79 Å². The van der Waals surface area contributed by atoms with Crippen molar-refractivity contribution in [1.29, 1.82) is 0 Å². The molecule has 0 unspecified atom stereocenters. The molecular weight excluding hydrogens is 446 g/mol. The molecule has 0 fully saturated rings. The van der Waals surface area contributed by atoms with Crippen molar-refractivity contribution >= 4 is 28.1 Å². The highest BCUT2D eigenvalue weighted by Crippen LogP contribution is 2.33. The zero-order valence-corrected chi connectivity index (χ0v) is 19.5. The Hall–Kier alpha value is -4.59. The van der Waals surface area contributed by atoms with Crippen molar-refractivity contribution in [3.8, 4) is 28.8 Å². The Morgan fingerprint density at radius 1 is 0.943 bits per heavy atom. The molecule has 0 saturated carbocycles. The molecule has 8 heteroatoms. The Morgan fingerprint density at radius 2 is 1.77 bits per heavy atom. The van der Waals surface area contributed by atoms with E-state index >= 15 is 0 Å². The molecule has 0 saturated heterocycles. The smallest absolute Gasteiger partial charge is 0.282 e. The predicted molar refractivity (Wildman–Crippen MR) is 135 cm³/mol. The van der Waals surface area contributed by atoms with Crippen LogP contribution in [0.5, 0.6) is 17.2 Å². The molecule has 0 aliphatic carbocycles. The topological polar surface area (TPSA) is 88.1 Å². The molecule has 0 radical (unpaired) electrons. The average Bonchev–Trinajstić information content (AvgIpc) is 3.33. The van der Waals surface area contributed by atoms with Gasteiger partial charge in [-0.15, -0.1) is 0 Å². The van der Waals surface area contributed by atoms with E-state index in [1.807, 2.05) is 37.3 Å². The quantitative estimate of drug-likeness (QED) is 0.308. The Kier molecular flexibility index (Phi) is 5.93. The molecule has 176 valence electrons. The van der Waals surface area contributed by atoms with Crippen LogP contribution < -0.4 is 19.8 Å². The Morgan fingerprint density at radius 3 is 2.57 bits per heavy atom. The number of fused-ring (bicyclic) bond motifs is 2. The van der Waals surface area contributed by atoms with Crippen LogP contribution in [0.15, 0.2) is 81.0 Å². The number of hydrogen-bond donors (Lipinski definition) is 0. The molecule has 0 spiro atoms. The van der Waals surface area contributed by atoms with Gasteiger partial charge < -0.3 is 18.6 Å². The molecule has 3 aromatic carbocycles. The van der Waals surface area contributed by atoms with Gasteiger partial charge in [-0.25, -0.2) is 4.98 Å². The van der Waals surface area contributed by atoms with Crippen LogP contribution in [0, 0.1) is 0 Å². The maximum atomic E-state index is 13.4. The summed E-state index contributed by atoms with van der Waals surface area (Å²) in [4.78, 5) is 18.2. The lowest BCUT2D eigenvalue weighted by Crippen LogP contribution is -2.20. The summed E-state index contributed by atoms with van der Waals surface area (Å²) < 4.78 is 23.8. The van der Waals surface area contributed by atoms with Crippen LogP contribution in [0.2, 0.25) is 0 Å². The summed E-state index contributed by atoms with van der Waals surface area (Å²) >= 11 is 0. The molecule has 8 nitrogen and oxygen atoms in total. The fourth-order valence-electron chi connectivity index (χ4n) is 3.88.